The number of sulfonamides is 1. The molecular formula is C25H24N2O6S. The SMILES string of the molecule is O=C(c1ccccc1Oc1ccccc1)N1CCN(S(=O)(=O)c2ccc3c(c2)OCCO3)CC1. The number of piperazine rings is 1. The third-order valence-electron chi connectivity index (χ3n) is 5.77. The Morgan fingerprint density at radius 1 is 0.794 bits per heavy atom. The maximum absolute atomic E-state index is 13.2. The van der Waals surface area contributed by atoms with Gasteiger partial charge in [0, 0.05) is 32.2 Å². The van der Waals surface area contributed by atoms with Crippen molar-refractivity contribution in [2.45, 2.75) is 4.90 Å². The largest absolute Gasteiger partial charge is 0.486 e. The zero-order valence-corrected chi connectivity index (χ0v) is 19.2. The fourth-order valence-electron chi connectivity index (χ4n) is 3.98. The average Bonchev–Trinajstić information content (AvgIpc) is 2.89. The molecule has 2 heterocycles. The summed E-state index contributed by atoms with van der Waals surface area (Å²) in [6.45, 7) is 1.78. The summed E-state index contributed by atoms with van der Waals surface area (Å²) in [6.07, 6.45) is 0. The van der Waals surface area contributed by atoms with Gasteiger partial charge in [0.15, 0.2) is 11.5 Å². The highest BCUT2D eigenvalue weighted by Crippen LogP contribution is 2.33. The van der Waals surface area contributed by atoms with E-state index >= 15 is 0 Å². The van der Waals surface area contributed by atoms with Crippen molar-refractivity contribution < 1.29 is 27.4 Å². The van der Waals surface area contributed by atoms with Gasteiger partial charge in [0.05, 0.1) is 10.5 Å². The first-order chi connectivity index (χ1) is 16.5. The molecule has 8 nitrogen and oxygen atoms in total. The number of ether oxygens (including phenoxy) is 3. The highest BCUT2D eigenvalue weighted by atomic mass is 32.2. The van der Waals surface area contributed by atoms with Gasteiger partial charge in [-0.2, -0.15) is 4.31 Å². The van der Waals surface area contributed by atoms with Gasteiger partial charge in [-0.05, 0) is 36.4 Å². The Kier molecular flexibility index (Phi) is 6.12. The molecule has 1 fully saturated rings. The third kappa shape index (κ3) is 4.44. The second kappa shape index (κ2) is 9.36. The van der Waals surface area contributed by atoms with Crippen LogP contribution in [0.2, 0.25) is 0 Å². The van der Waals surface area contributed by atoms with Crippen LogP contribution >= 0.6 is 0 Å². The van der Waals surface area contributed by atoms with Crippen LogP contribution in [-0.4, -0.2) is 62.9 Å². The van der Waals surface area contributed by atoms with Gasteiger partial charge in [-0.3, -0.25) is 4.79 Å². The predicted molar refractivity (Wildman–Crippen MR) is 125 cm³/mol. The van der Waals surface area contributed by atoms with E-state index < -0.39 is 10.0 Å². The number of rotatable bonds is 5. The molecule has 176 valence electrons. The molecule has 34 heavy (non-hydrogen) atoms. The van der Waals surface area contributed by atoms with Gasteiger partial charge >= 0.3 is 0 Å². The molecule has 0 saturated carbocycles. The molecule has 9 heteroatoms. The van der Waals surface area contributed by atoms with Crippen LogP contribution in [-0.2, 0) is 10.0 Å². The van der Waals surface area contributed by atoms with Gasteiger partial charge < -0.3 is 19.1 Å². The molecule has 0 unspecified atom stereocenters. The molecule has 1 amide bonds. The first kappa shape index (κ1) is 22.2. The normalized spacial score (nSPS) is 16.2. The Labute approximate surface area is 198 Å². The van der Waals surface area contributed by atoms with Crippen LogP contribution in [0, 0.1) is 0 Å². The molecule has 1 saturated heterocycles. The fraction of sp³-hybridized carbons (Fsp3) is 0.240. The van der Waals surface area contributed by atoms with Crippen molar-refractivity contribution in [1.82, 2.24) is 9.21 Å². The highest BCUT2D eigenvalue weighted by Gasteiger charge is 2.32. The van der Waals surface area contributed by atoms with E-state index in [0.29, 0.717) is 41.8 Å². The molecule has 0 atom stereocenters. The summed E-state index contributed by atoms with van der Waals surface area (Å²) >= 11 is 0. The molecule has 0 radical (unpaired) electrons. The fourth-order valence-corrected chi connectivity index (χ4v) is 5.42. The molecule has 0 N–H and O–H groups in total. The van der Waals surface area contributed by atoms with E-state index in [1.54, 1.807) is 29.2 Å². The first-order valence-corrected chi connectivity index (χ1v) is 12.5. The van der Waals surface area contributed by atoms with Crippen LogP contribution in [0.4, 0.5) is 0 Å². The summed E-state index contributed by atoms with van der Waals surface area (Å²) in [5.74, 6) is 1.87. The summed E-state index contributed by atoms with van der Waals surface area (Å²) in [6, 6.07) is 21.0. The van der Waals surface area contributed by atoms with Gasteiger partial charge in [0.25, 0.3) is 5.91 Å². The zero-order valence-electron chi connectivity index (χ0n) is 18.4. The highest BCUT2D eigenvalue weighted by molar-refractivity contribution is 7.89. The molecule has 5 rings (SSSR count). The summed E-state index contributed by atoms with van der Waals surface area (Å²) in [5.41, 5.74) is 0.439. The molecule has 0 bridgehead atoms. The van der Waals surface area contributed by atoms with Crippen molar-refractivity contribution in [3.05, 3.63) is 78.4 Å². The summed E-state index contributed by atoms with van der Waals surface area (Å²) in [7, 11) is -3.72. The molecule has 0 aliphatic carbocycles. The van der Waals surface area contributed by atoms with Crippen molar-refractivity contribution in [2.24, 2.45) is 0 Å². The Balaban J connectivity index is 1.28. The quantitative estimate of drug-likeness (QED) is 0.557. The maximum atomic E-state index is 13.2. The molecule has 0 spiro atoms. The predicted octanol–water partition coefficient (Wildman–Crippen LogP) is 3.40. The van der Waals surface area contributed by atoms with E-state index in [4.69, 9.17) is 14.2 Å². The van der Waals surface area contributed by atoms with Crippen molar-refractivity contribution in [3.8, 4) is 23.0 Å². The van der Waals surface area contributed by atoms with E-state index in [1.807, 2.05) is 36.4 Å². The molecular weight excluding hydrogens is 456 g/mol. The minimum Gasteiger partial charge on any atom is -0.486 e. The Morgan fingerprint density at radius 2 is 1.47 bits per heavy atom. The second-order valence-corrected chi connectivity index (χ2v) is 9.85. The van der Waals surface area contributed by atoms with E-state index in [0.717, 1.165) is 0 Å². The number of hydrogen-bond acceptors (Lipinski definition) is 6. The van der Waals surface area contributed by atoms with Crippen LogP contribution in [0.15, 0.2) is 77.7 Å². The topological polar surface area (TPSA) is 85.4 Å². The van der Waals surface area contributed by atoms with Crippen LogP contribution in [0.1, 0.15) is 10.4 Å². The lowest BCUT2D eigenvalue weighted by molar-refractivity contribution is 0.0695. The van der Waals surface area contributed by atoms with Crippen molar-refractivity contribution in [3.63, 3.8) is 0 Å². The molecule has 3 aromatic carbocycles. The molecule has 3 aromatic rings. The Hall–Kier alpha value is -3.56. The second-order valence-electron chi connectivity index (χ2n) is 7.91. The maximum Gasteiger partial charge on any atom is 0.257 e. The minimum absolute atomic E-state index is 0.151. The summed E-state index contributed by atoms with van der Waals surface area (Å²) < 4.78 is 44.7. The molecule has 2 aliphatic heterocycles. The van der Waals surface area contributed by atoms with Crippen LogP contribution in [0.25, 0.3) is 0 Å². The zero-order chi connectivity index (χ0) is 23.5. The summed E-state index contributed by atoms with van der Waals surface area (Å²) in [5, 5.41) is 0. The lowest BCUT2D eigenvalue weighted by Gasteiger charge is -2.34. The van der Waals surface area contributed by atoms with E-state index in [2.05, 4.69) is 0 Å². The van der Waals surface area contributed by atoms with Gasteiger partial charge in [0.2, 0.25) is 10.0 Å². The van der Waals surface area contributed by atoms with Gasteiger partial charge in [-0.25, -0.2) is 8.42 Å². The lowest BCUT2D eigenvalue weighted by Crippen LogP contribution is -2.50. The number of benzene rings is 3. The number of carbonyl (C=O) groups is 1. The van der Waals surface area contributed by atoms with E-state index in [9.17, 15) is 13.2 Å². The number of amides is 1. The number of carbonyl (C=O) groups excluding carboxylic acids is 1. The molecule has 2 aliphatic rings. The first-order valence-electron chi connectivity index (χ1n) is 11.0. The third-order valence-corrected chi connectivity index (χ3v) is 7.66. The molecule has 0 aromatic heterocycles. The summed E-state index contributed by atoms with van der Waals surface area (Å²) in [4.78, 5) is 15.1. The van der Waals surface area contributed by atoms with Crippen molar-refractivity contribution in [2.75, 3.05) is 39.4 Å². The standard InChI is InChI=1S/C25H24N2O6S/c28-25(21-8-4-5-9-22(21)33-19-6-2-1-3-7-19)26-12-14-27(15-13-26)34(29,30)20-10-11-23-24(18-20)32-17-16-31-23/h1-11,18H,12-17H2. The van der Waals surface area contributed by atoms with Crippen molar-refractivity contribution >= 4 is 15.9 Å². The number of hydrogen-bond donors (Lipinski definition) is 0. The van der Waals surface area contributed by atoms with E-state index in [-0.39, 0.29) is 37.0 Å². The van der Waals surface area contributed by atoms with Crippen LogP contribution in [0.3, 0.4) is 0 Å². The smallest absolute Gasteiger partial charge is 0.257 e. The average molecular weight is 481 g/mol. The van der Waals surface area contributed by atoms with Crippen LogP contribution < -0.4 is 14.2 Å². The number of para-hydroxylation sites is 2. The number of nitrogens with zero attached hydrogens (tertiary/aromatic N) is 2. The van der Waals surface area contributed by atoms with Gasteiger partial charge in [0.1, 0.15) is 24.7 Å². The Morgan fingerprint density at radius 3 is 2.24 bits per heavy atom. The Bertz CT molecular complexity index is 1290. The lowest BCUT2D eigenvalue weighted by atomic mass is 10.1. The number of fused-ring (bicyclic) bond motifs is 1. The monoisotopic (exact) mass is 480 g/mol. The van der Waals surface area contributed by atoms with Crippen molar-refractivity contribution in [1.29, 1.82) is 0 Å². The van der Waals surface area contributed by atoms with E-state index in [1.165, 1.54) is 16.4 Å². The minimum atomic E-state index is -3.72. The van der Waals surface area contributed by atoms with Crippen LogP contribution in [0.5, 0.6) is 23.0 Å². The van der Waals surface area contributed by atoms with Gasteiger partial charge in [-0.15, -0.1) is 0 Å². The van der Waals surface area contributed by atoms with Gasteiger partial charge in [-0.1, -0.05) is 30.3 Å².